The van der Waals surface area contributed by atoms with Crippen LogP contribution in [-0.2, 0) is 9.84 Å². The third-order valence-corrected chi connectivity index (χ3v) is 4.33. The molecule has 1 N–H and O–H groups in total. The molecule has 1 saturated heterocycles. The monoisotopic (exact) mass is 189 g/mol. The highest BCUT2D eigenvalue weighted by Gasteiger charge is 2.25. The summed E-state index contributed by atoms with van der Waals surface area (Å²) in [5, 5.41) is 3.00. The number of rotatable bonds is 3. The molecule has 0 amide bonds. The summed E-state index contributed by atoms with van der Waals surface area (Å²) in [7, 11) is -2.89. The fourth-order valence-corrected chi connectivity index (χ4v) is 3.01. The van der Waals surface area contributed by atoms with Crippen LogP contribution in [0.3, 0.4) is 0 Å². The quantitative estimate of drug-likeness (QED) is 0.651. The second-order valence-corrected chi connectivity index (χ2v) is 5.39. The highest BCUT2D eigenvalue weighted by atomic mass is 32.2. The molecule has 4 heteroatoms. The Morgan fingerprint density at radius 2 is 2.00 bits per heavy atom. The third kappa shape index (κ3) is 2.32. The number of hydrogen-bond donors (Lipinski definition) is 1. The third-order valence-electron chi connectivity index (χ3n) is 2.14. The van der Waals surface area contributed by atoms with Crippen molar-refractivity contribution in [2.24, 2.45) is 0 Å². The van der Waals surface area contributed by atoms with Gasteiger partial charge in [0.25, 0.3) is 0 Å². The van der Waals surface area contributed by atoms with Gasteiger partial charge < -0.3 is 5.32 Å². The predicted octanol–water partition coefficient (Wildman–Crippen LogP) is 0.339. The minimum absolute atomic E-state index is 0.123. The van der Waals surface area contributed by atoms with Gasteiger partial charge in [-0.25, -0.2) is 8.42 Å². The Hall–Kier alpha value is -0.350. The Kier molecular flexibility index (Phi) is 3.29. The molecule has 0 unspecified atom stereocenters. The van der Waals surface area contributed by atoms with Gasteiger partial charge in [-0.3, -0.25) is 0 Å². The average molecular weight is 189 g/mol. The van der Waals surface area contributed by atoms with Gasteiger partial charge in [0.05, 0.1) is 11.0 Å². The van der Waals surface area contributed by atoms with Crippen molar-refractivity contribution in [3.8, 4) is 0 Å². The molecule has 0 aromatic carbocycles. The van der Waals surface area contributed by atoms with Crippen LogP contribution in [0.2, 0.25) is 0 Å². The SMILES string of the molecule is C=CCS(=O)(=O)C1CCNCC1. The Bertz CT molecular complexity index is 240. The Morgan fingerprint density at radius 3 is 2.50 bits per heavy atom. The smallest absolute Gasteiger partial charge is 0.156 e. The van der Waals surface area contributed by atoms with Crippen molar-refractivity contribution >= 4 is 9.84 Å². The summed E-state index contributed by atoms with van der Waals surface area (Å²) in [4.78, 5) is 0. The van der Waals surface area contributed by atoms with Gasteiger partial charge in [0, 0.05) is 0 Å². The minimum atomic E-state index is -2.89. The molecule has 0 aromatic rings. The lowest BCUT2D eigenvalue weighted by molar-refractivity contribution is 0.498. The first kappa shape index (κ1) is 9.74. The van der Waals surface area contributed by atoms with E-state index in [0.29, 0.717) is 0 Å². The van der Waals surface area contributed by atoms with Crippen LogP contribution in [0.25, 0.3) is 0 Å². The Balaban J connectivity index is 2.60. The van der Waals surface area contributed by atoms with Crippen molar-refractivity contribution in [1.82, 2.24) is 5.32 Å². The second-order valence-electron chi connectivity index (χ2n) is 3.07. The molecule has 0 bridgehead atoms. The zero-order valence-corrected chi connectivity index (χ0v) is 7.94. The van der Waals surface area contributed by atoms with Gasteiger partial charge in [-0.15, -0.1) is 6.58 Å². The fraction of sp³-hybridized carbons (Fsp3) is 0.750. The van der Waals surface area contributed by atoms with Crippen LogP contribution in [0.4, 0.5) is 0 Å². The summed E-state index contributed by atoms with van der Waals surface area (Å²) in [5.41, 5.74) is 0. The zero-order chi connectivity index (χ0) is 9.03. The topological polar surface area (TPSA) is 46.2 Å². The van der Waals surface area contributed by atoms with E-state index in [-0.39, 0.29) is 11.0 Å². The second kappa shape index (κ2) is 4.05. The van der Waals surface area contributed by atoms with Gasteiger partial charge in [0.15, 0.2) is 9.84 Å². The van der Waals surface area contributed by atoms with Gasteiger partial charge in [-0.1, -0.05) is 6.08 Å². The molecule has 0 radical (unpaired) electrons. The van der Waals surface area contributed by atoms with E-state index in [1.165, 1.54) is 6.08 Å². The molecule has 0 spiro atoms. The van der Waals surface area contributed by atoms with E-state index < -0.39 is 9.84 Å². The summed E-state index contributed by atoms with van der Waals surface area (Å²) in [6.45, 7) is 5.09. The standard InChI is InChI=1S/C8H15NO2S/c1-2-7-12(10,11)8-3-5-9-6-4-8/h2,8-9H,1,3-7H2. The van der Waals surface area contributed by atoms with E-state index in [1.54, 1.807) is 0 Å². The van der Waals surface area contributed by atoms with E-state index >= 15 is 0 Å². The molecule has 0 saturated carbocycles. The summed E-state index contributed by atoms with van der Waals surface area (Å²) in [6, 6.07) is 0. The van der Waals surface area contributed by atoms with Gasteiger partial charge in [-0.05, 0) is 25.9 Å². The minimum Gasteiger partial charge on any atom is -0.317 e. The highest BCUT2D eigenvalue weighted by Crippen LogP contribution is 2.13. The molecule has 0 atom stereocenters. The lowest BCUT2D eigenvalue weighted by Crippen LogP contribution is -2.36. The van der Waals surface area contributed by atoms with Crippen LogP contribution < -0.4 is 5.32 Å². The molecule has 12 heavy (non-hydrogen) atoms. The normalized spacial score (nSPS) is 20.7. The highest BCUT2D eigenvalue weighted by molar-refractivity contribution is 7.92. The average Bonchev–Trinajstić information content (AvgIpc) is 2.06. The molecular formula is C8H15NO2S. The molecule has 1 fully saturated rings. The first-order valence-electron chi connectivity index (χ1n) is 4.20. The van der Waals surface area contributed by atoms with Crippen LogP contribution >= 0.6 is 0 Å². The van der Waals surface area contributed by atoms with Crippen molar-refractivity contribution in [3.63, 3.8) is 0 Å². The number of piperidine rings is 1. The predicted molar refractivity (Wildman–Crippen MR) is 49.9 cm³/mol. The Labute approximate surface area is 73.8 Å². The van der Waals surface area contributed by atoms with Crippen molar-refractivity contribution < 1.29 is 8.42 Å². The van der Waals surface area contributed by atoms with Crippen molar-refractivity contribution in [3.05, 3.63) is 12.7 Å². The molecule has 0 aromatic heterocycles. The van der Waals surface area contributed by atoms with Crippen LogP contribution in [-0.4, -0.2) is 32.5 Å². The van der Waals surface area contributed by atoms with Crippen molar-refractivity contribution in [1.29, 1.82) is 0 Å². The summed E-state index contributed by atoms with van der Waals surface area (Å²) < 4.78 is 23.0. The summed E-state index contributed by atoms with van der Waals surface area (Å²) in [5.74, 6) is 0.123. The van der Waals surface area contributed by atoms with Crippen LogP contribution in [0.1, 0.15) is 12.8 Å². The van der Waals surface area contributed by atoms with Crippen LogP contribution in [0, 0.1) is 0 Å². The molecular weight excluding hydrogens is 174 g/mol. The Morgan fingerprint density at radius 1 is 1.42 bits per heavy atom. The summed E-state index contributed by atoms with van der Waals surface area (Å²) >= 11 is 0. The largest absolute Gasteiger partial charge is 0.317 e. The van der Waals surface area contributed by atoms with Gasteiger partial charge in [0.1, 0.15) is 0 Å². The van der Waals surface area contributed by atoms with E-state index in [9.17, 15) is 8.42 Å². The lowest BCUT2D eigenvalue weighted by Gasteiger charge is -2.21. The lowest BCUT2D eigenvalue weighted by atomic mass is 10.2. The molecule has 1 aliphatic heterocycles. The van der Waals surface area contributed by atoms with E-state index in [0.717, 1.165) is 25.9 Å². The van der Waals surface area contributed by atoms with Crippen LogP contribution in [0.5, 0.6) is 0 Å². The van der Waals surface area contributed by atoms with Gasteiger partial charge >= 0.3 is 0 Å². The van der Waals surface area contributed by atoms with E-state index in [2.05, 4.69) is 11.9 Å². The molecule has 3 nitrogen and oxygen atoms in total. The zero-order valence-electron chi connectivity index (χ0n) is 7.12. The van der Waals surface area contributed by atoms with Crippen LogP contribution in [0.15, 0.2) is 12.7 Å². The van der Waals surface area contributed by atoms with Crippen molar-refractivity contribution in [2.75, 3.05) is 18.8 Å². The molecule has 1 aliphatic rings. The van der Waals surface area contributed by atoms with Gasteiger partial charge in [0.2, 0.25) is 0 Å². The maximum absolute atomic E-state index is 11.5. The first-order chi connectivity index (χ1) is 5.67. The maximum atomic E-state index is 11.5. The maximum Gasteiger partial charge on any atom is 0.156 e. The van der Waals surface area contributed by atoms with Crippen molar-refractivity contribution in [2.45, 2.75) is 18.1 Å². The number of sulfone groups is 1. The molecule has 70 valence electrons. The first-order valence-corrected chi connectivity index (χ1v) is 5.91. The molecule has 0 aliphatic carbocycles. The number of nitrogens with one attached hydrogen (secondary N) is 1. The summed E-state index contributed by atoms with van der Waals surface area (Å²) in [6.07, 6.45) is 2.96. The van der Waals surface area contributed by atoms with E-state index in [4.69, 9.17) is 0 Å². The molecule has 1 rings (SSSR count). The molecule has 1 heterocycles. The van der Waals surface area contributed by atoms with E-state index in [1.807, 2.05) is 0 Å². The van der Waals surface area contributed by atoms with Gasteiger partial charge in [-0.2, -0.15) is 0 Å². The number of hydrogen-bond acceptors (Lipinski definition) is 3. The fourth-order valence-electron chi connectivity index (χ4n) is 1.45.